The van der Waals surface area contributed by atoms with Crippen molar-refractivity contribution in [1.82, 2.24) is 9.78 Å². The van der Waals surface area contributed by atoms with E-state index < -0.39 is 17.5 Å². The van der Waals surface area contributed by atoms with Crippen LogP contribution in [0.3, 0.4) is 0 Å². The lowest BCUT2D eigenvalue weighted by Crippen LogP contribution is -2.33. The zero-order chi connectivity index (χ0) is 19.4. The Bertz CT molecular complexity index is 1090. The van der Waals surface area contributed by atoms with Crippen LogP contribution in [0.15, 0.2) is 65.5 Å². The van der Waals surface area contributed by atoms with Gasteiger partial charge < -0.3 is 5.32 Å². The van der Waals surface area contributed by atoms with Crippen LogP contribution >= 0.6 is 11.6 Å². The molecule has 0 radical (unpaired) electrons. The Hall–Kier alpha value is -3.43. The van der Waals surface area contributed by atoms with Crippen LogP contribution in [0, 0.1) is 11.3 Å². The van der Waals surface area contributed by atoms with Gasteiger partial charge in [0.2, 0.25) is 5.91 Å². The highest BCUT2D eigenvalue weighted by molar-refractivity contribution is 6.31. The highest BCUT2D eigenvalue weighted by Crippen LogP contribution is 2.22. The van der Waals surface area contributed by atoms with E-state index in [0.717, 1.165) is 10.2 Å². The summed E-state index contributed by atoms with van der Waals surface area (Å²) in [7, 11) is 0. The van der Waals surface area contributed by atoms with Gasteiger partial charge in [-0.2, -0.15) is 10.4 Å². The van der Waals surface area contributed by atoms with Crippen LogP contribution in [0.5, 0.6) is 0 Å². The number of nitrogens with zero attached hydrogens (tertiary/aromatic N) is 3. The Balaban J connectivity index is 1.91. The van der Waals surface area contributed by atoms with Gasteiger partial charge in [0.05, 0.1) is 16.9 Å². The van der Waals surface area contributed by atoms with Gasteiger partial charge in [0.15, 0.2) is 0 Å². The maximum atomic E-state index is 12.6. The molecule has 0 spiro atoms. The monoisotopic (exact) mass is 378 g/mol. The molecule has 2 aromatic carbocycles. The van der Waals surface area contributed by atoms with Crippen molar-refractivity contribution in [1.29, 1.82) is 5.26 Å². The van der Waals surface area contributed by atoms with Crippen molar-refractivity contribution < 1.29 is 4.79 Å². The number of hydrogen-bond donors (Lipinski definition) is 1. The van der Waals surface area contributed by atoms with Crippen LogP contribution in [-0.4, -0.2) is 15.7 Å². The number of aromatic nitrogens is 2. The third-order valence-electron chi connectivity index (χ3n) is 4.00. The minimum atomic E-state index is -0.883. The lowest BCUT2D eigenvalue weighted by molar-refractivity contribution is -0.119. The summed E-state index contributed by atoms with van der Waals surface area (Å²) < 4.78 is 1.12. The number of nitriles is 1. The van der Waals surface area contributed by atoms with Gasteiger partial charge in [0.1, 0.15) is 12.1 Å². The summed E-state index contributed by atoms with van der Waals surface area (Å²) in [6, 6.07) is 18.0. The molecule has 134 valence electrons. The summed E-state index contributed by atoms with van der Waals surface area (Å²) in [6.45, 7) is 1.56. The van der Waals surface area contributed by atoms with Crippen LogP contribution in [0.1, 0.15) is 18.5 Å². The standard InChI is InChI=1S/C20H15ClN4O2/c1-13(20(27)23-18-11-16(21)8-7-15(18)12-22)25-19(26)10-9-17(24-25)14-5-3-2-4-6-14/h2-11,13H,1H3,(H,23,27). The zero-order valence-electron chi connectivity index (χ0n) is 14.4. The van der Waals surface area contributed by atoms with E-state index in [1.165, 1.54) is 18.2 Å². The molecule has 1 amide bonds. The van der Waals surface area contributed by atoms with Gasteiger partial charge in [-0.15, -0.1) is 0 Å². The van der Waals surface area contributed by atoms with Crippen LogP contribution in [0.25, 0.3) is 11.3 Å². The summed E-state index contributed by atoms with van der Waals surface area (Å²) >= 11 is 5.94. The molecule has 7 heteroatoms. The molecular weight excluding hydrogens is 364 g/mol. The molecule has 0 bridgehead atoms. The molecule has 1 unspecified atom stereocenters. The molecule has 0 aliphatic carbocycles. The predicted molar refractivity (Wildman–Crippen MR) is 103 cm³/mol. The summed E-state index contributed by atoms with van der Waals surface area (Å²) in [5.41, 5.74) is 1.58. The average Bonchev–Trinajstić information content (AvgIpc) is 2.68. The van der Waals surface area contributed by atoms with Crippen molar-refractivity contribution in [2.75, 3.05) is 5.32 Å². The fraction of sp³-hybridized carbons (Fsp3) is 0.100. The van der Waals surface area contributed by atoms with E-state index in [-0.39, 0.29) is 11.3 Å². The van der Waals surface area contributed by atoms with Gasteiger partial charge in [0, 0.05) is 16.7 Å². The normalized spacial score (nSPS) is 11.4. The first-order chi connectivity index (χ1) is 13.0. The SMILES string of the molecule is CC(C(=O)Nc1cc(Cl)ccc1C#N)n1nc(-c2ccccc2)ccc1=O. The molecular formula is C20H15ClN4O2. The Morgan fingerprint density at radius 3 is 2.63 bits per heavy atom. The summed E-state index contributed by atoms with van der Waals surface area (Å²) in [4.78, 5) is 24.9. The number of carbonyl (C=O) groups is 1. The van der Waals surface area contributed by atoms with Gasteiger partial charge in [-0.3, -0.25) is 9.59 Å². The van der Waals surface area contributed by atoms with E-state index in [0.29, 0.717) is 10.7 Å². The van der Waals surface area contributed by atoms with Gasteiger partial charge >= 0.3 is 0 Å². The number of benzene rings is 2. The Kier molecular flexibility index (Phi) is 5.34. The molecule has 0 fully saturated rings. The molecule has 27 heavy (non-hydrogen) atoms. The van der Waals surface area contributed by atoms with E-state index in [9.17, 15) is 14.9 Å². The van der Waals surface area contributed by atoms with Crippen molar-refractivity contribution in [2.24, 2.45) is 0 Å². The largest absolute Gasteiger partial charge is 0.323 e. The maximum absolute atomic E-state index is 12.6. The predicted octanol–water partition coefficient (Wildman–Crippen LogP) is 3.64. The molecule has 0 aliphatic heterocycles. The number of carbonyl (C=O) groups excluding carboxylic acids is 1. The third kappa shape index (κ3) is 4.05. The van der Waals surface area contributed by atoms with E-state index in [2.05, 4.69) is 10.4 Å². The van der Waals surface area contributed by atoms with Crippen LogP contribution in [0.4, 0.5) is 5.69 Å². The minimum absolute atomic E-state index is 0.276. The molecule has 1 atom stereocenters. The van der Waals surface area contributed by atoms with Gasteiger partial charge in [-0.05, 0) is 31.2 Å². The van der Waals surface area contributed by atoms with Gasteiger partial charge in [-0.1, -0.05) is 41.9 Å². The van der Waals surface area contributed by atoms with Crippen molar-refractivity contribution in [3.63, 3.8) is 0 Å². The molecule has 1 N–H and O–H groups in total. The highest BCUT2D eigenvalue weighted by Gasteiger charge is 2.19. The topological polar surface area (TPSA) is 87.8 Å². The number of anilines is 1. The fourth-order valence-electron chi connectivity index (χ4n) is 2.53. The smallest absolute Gasteiger partial charge is 0.267 e. The van der Waals surface area contributed by atoms with Crippen LogP contribution in [0.2, 0.25) is 5.02 Å². The van der Waals surface area contributed by atoms with Crippen LogP contribution < -0.4 is 10.9 Å². The number of amides is 1. The molecule has 3 rings (SSSR count). The first-order valence-electron chi connectivity index (χ1n) is 8.15. The Morgan fingerprint density at radius 2 is 1.93 bits per heavy atom. The van der Waals surface area contributed by atoms with E-state index >= 15 is 0 Å². The molecule has 1 heterocycles. The number of nitrogens with one attached hydrogen (secondary N) is 1. The second-order valence-corrected chi connectivity index (χ2v) is 6.27. The van der Waals surface area contributed by atoms with E-state index in [4.69, 9.17) is 11.6 Å². The molecule has 1 aromatic heterocycles. The minimum Gasteiger partial charge on any atom is -0.323 e. The molecule has 6 nitrogen and oxygen atoms in total. The first-order valence-corrected chi connectivity index (χ1v) is 8.53. The lowest BCUT2D eigenvalue weighted by Gasteiger charge is -2.15. The summed E-state index contributed by atoms with van der Waals surface area (Å²) in [6.07, 6.45) is 0. The highest BCUT2D eigenvalue weighted by atomic mass is 35.5. The summed E-state index contributed by atoms with van der Waals surface area (Å²) in [5, 5.41) is 16.5. The van der Waals surface area contributed by atoms with Crippen molar-refractivity contribution in [3.05, 3.63) is 81.6 Å². The molecule has 0 aliphatic rings. The quantitative estimate of drug-likeness (QED) is 0.750. The molecule has 0 saturated carbocycles. The number of rotatable bonds is 4. The maximum Gasteiger partial charge on any atom is 0.267 e. The van der Waals surface area contributed by atoms with Crippen molar-refractivity contribution in [3.8, 4) is 17.3 Å². The van der Waals surface area contributed by atoms with Crippen molar-refractivity contribution >= 4 is 23.2 Å². The molecule has 0 saturated heterocycles. The van der Waals surface area contributed by atoms with Gasteiger partial charge in [0.25, 0.3) is 5.56 Å². The second kappa shape index (κ2) is 7.85. The average molecular weight is 379 g/mol. The Labute approximate surface area is 160 Å². The van der Waals surface area contributed by atoms with E-state index in [1.54, 1.807) is 19.1 Å². The molecule has 3 aromatic rings. The number of halogens is 1. The van der Waals surface area contributed by atoms with E-state index in [1.807, 2.05) is 36.4 Å². The fourth-order valence-corrected chi connectivity index (χ4v) is 2.70. The first kappa shape index (κ1) is 18.4. The van der Waals surface area contributed by atoms with Crippen LogP contribution in [-0.2, 0) is 4.79 Å². The zero-order valence-corrected chi connectivity index (χ0v) is 15.1. The van der Waals surface area contributed by atoms with Crippen molar-refractivity contribution in [2.45, 2.75) is 13.0 Å². The number of hydrogen-bond acceptors (Lipinski definition) is 4. The summed E-state index contributed by atoms with van der Waals surface area (Å²) in [5.74, 6) is -0.478. The third-order valence-corrected chi connectivity index (χ3v) is 4.24. The lowest BCUT2D eigenvalue weighted by atomic mass is 10.1. The second-order valence-electron chi connectivity index (χ2n) is 5.83. The Morgan fingerprint density at radius 1 is 1.19 bits per heavy atom. The van der Waals surface area contributed by atoms with Gasteiger partial charge in [-0.25, -0.2) is 4.68 Å².